The Morgan fingerprint density at radius 1 is 1.35 bits per heavy atom. The average molecular weight is 268 g/mol. The highest BCUT2D eigenvalue weighted by Crippen LogP contribution is 2.22. The first-order valence-electron chi connectivity index (χ1n) is 6.01. The minimum atomic E-state index is -0.283. The second-order valence-electron chi connectivity index (χ2n) is 4.18. The number of hydrogen-bond acceptors (Lipinski definition) is 4. The van der Waals surface area contributed by atoms with Crippen LogP contribution < -0.4 is 10.1 Å². The molecule has 3 aromatic rings. The third-order valence-electron chi connectivity index (χ3n) is 2.90. The van der Waals surface area contributed by atoms with Crippen molar-refractivity contribution in [1.29, 1.82) is 0 Å². The number of ether oxygens (including phenoxy) is 1. The number of anilines is 1. The van der Waals surface area contributed by atoms with Crippen molar-refractivity contribution in [2.45, 2.75) is 0 Å². The van der Waals surface area contributed by atoms with Gasteiger partial charge in [-0.3, -0.25) is 14.9 Å². The fourth-order valence-electron chi connectivity index (χ4n) is 1.93. The summed E-state index contributed by atoms with van der Waals surface area (Å²) >= 11 is 0. The van der Waals surface area contributed by atoms with Gasteiger partial charge in [-0.25, -0.2) is 0 Å². The van der Waals surface area contributed by atoms with E-state index in [1.54, 1.807) is 49.8 Å². The molecule has 0 atom stereocenters. The molecule has 0 aliphatic heterocycles. The summed E-state index contributed by atoms with van der Waals surface area (Å²) in [4.78, 5) is 16.1. The number of methoxy groups -OCH3 is 1. The van der Waals surface area contributed by atoms with Crippen LogP contribution in [0.15, 0.2) is 42.7 Å². The summed E-state index contributed by atoms with van der Waals surface area (Å²) in [6.07, 6.45) is 3.22. The van der Waals surface area contributed by atoms with Gasteiger partial charge >= 0.3 is 0 Å². The van der Waals surface area contributed by atoms with Crippen molar-refractivity contribution in [1.82, 2.24) is 15.2 Å². The molecule has 100 valence electrons. The molecule has 0 saturated heterocycles. The summed E-state index contributed by atoms with van der Waals surface area (Å²) in [5.74, 6) is 0.426. The first-order valence-corrected chi connectivity index (χ1v) is 6.01. The van der Waals surface area contributed by atoms with Gasteiger partial charge in [-0.2, -0.15) is 5.10 Å². The normalized spacial score (nSPS) is 10.4. The number of aromatic amines is 1. The van der Waals surface area contributed by atoms with E-state index in [4.69, 9.17) is 4.74 Å². The Balaban J connectivity index is 1.92. The third-order valence-corrected chi connectivity index (χ3v) is 2.90. The van der Waals surface area contributed by atoms with Crippen LogP contribution in [0.1, 0.15) is 10.5 Å². The molecule has 6 nitrogen and oxygen atoms in total. The summed E-state index contributed by atoms with van der Waals surface area (Å²) < 4.78 is 5.13. The summed E-state index contributed by atoms with van der Waals surface area (Å²) in [5, 5.41) is 10.4. The van der Waals surface area contributed by atoms with Crippen LogP contribution >= 0.6 is 0 Å². The van der Waals surface area contributed by atoms with Gasteiger partial charge in [0.05, 0.1) is 24.5 Å². The molecule has 0 fully saturated rings. The van der Waals surface area contributed by atoms with E-state index in [9.17, 15) is 4.79 Å². The predicted molar refractivity (Wildman–Crippen MR) is 74.8 cm³/mol. The first kappa shape index (κ1) is 12.2. The molecule has 20 heavy (non-hydrogen) atoms. The molecule has 0 radical (unpaired) electrons. The van der Waals surface area contributed by atoms with E-state index in [0.717, 1.165) is 10.9 Å². The molecule has 1 amide bonds. The Bertz CT molecular complexity index is 752. The summed E-state index contributed by atoms with van der Waals surface area (Å²) in [7, 11) is 1.59. The molecule has 6 heteroatoms. The number of hydrogen-bond donors (Lipinski definition) is 2. The van der Waals surface area contributed by atoms with E-state index in [2.05, 4.69) is 20.5 Å². The highest BCUT2D eigenvalue weighted by Gasteiger charge is 2.14. The fourth-order valence-corrected chi connectivity index (χ4v) is 1.93. The van der Waals surface area contributed by atoms with E-state index in [1.807, 2.05) is 0 Å². The Kier molecular flexibility index (Phi) is 3.04. The van der Waals surface area contributed by atoms with E-state index in [-0.39, 0.29) is 5.91 Å². The molecule has 3 rings (SSSR count). The van der Waals surface area contributed by atoms with Crippen molar-refractivity contribution >= 4 is 22.5 Å². The predicted octanol–water partition coefficient (Wildman–Crippen LogP) is 2.22. The van der Waals surface area contributed by atoms with Gasteiger partial charge in [-0.15, -0.1) is 0 Å². The lowest BCUT2D eigenvalue weighted by Crippen LogP contribution is -2.12. The topological polar surface area (TPSA) is 79.9 Å². The van der Waals surface area contributed by atoms with Crippen LogP contribution in [0.25, 0.3) is 10.9 Å². The molecule has 1 aromatic carbocycles. The fraction of sp³-hybridized carbons (Fsp3) is 0.0714. The molecule has 0 aliphatic rings. The second kappa shape index (κ2) is 5.00. The summed E-state index contributed by atoms with van der Waals surface area (Å²) in [6, 6.07) is 8.91. The van der Waals surface area contributed by atoms with E-state index >= 15 is 0 Å². The zero-order valence-electron chi connectivity index (χ0n) is 10.8. The van der Waals surface area contributed by atoms with Crippen LogP contribution in [0.4, 0.5) is 5.69 Å². The molecule has 0 bridgehead atoms. The van der Waals surface area contributed by atoms with E-state index < -0.39 is 0 Å². The zero-order valence-corrected chi connectivity index (χ0v) is 10.8. The number of aromatic nitrogens is 3. The molecule has 2 aromatic heterocycles. The van der Waals surface area contributed by atoms with Crippen LogP contribution in [0.2, 0.25) is 0 Å². The van der Waals surface area contributed by atoms with Gasteiger partial charge in [0.1, 0.15) is 5.75 Å². The minimum Gasteiger partial charge on any atom is -0.497 e. The van der Waals surface area contributed by atoms with Crippen molar-refractivity contribution < 1.29 is 9.53 Å². The summed E-state index contributed by atoms with van der Waals surface area (Å²) in [5.41, 5.74) is 1.72. The number of carbonyl (C=O) groups excluding carboxylic acids is 1. The quantitative estimate of drug-likeness (QED) is 0.763. The largest absolute Gasteiger partial charge is 0.497 e. The number of carbonyl (C=O) groups is 1. The van der Waals surface area contributed by atoms with Crippen molar-refractivity contribution in [3.63, 3.8) is 0 Å². The van der Waals surface area contributed by atoms with Gasteiger partial charge in [0.15, 0.2) is 5.69 Å². The van der Waals surface area contributed by atoms with Gasteiger partial charge in [0, 0.05) is 17.6 Å². The zero-order chi connectivity index (χ0) is 13.9. The van der Waals surface area contributed by atoms with Gasteiger partial charge in [-0.1, -0.05) is 0 Å². The first-order chi connectivity index (χ1) is 9.78. The van der Waals surface area contributed by atoms with Gasteiger partial charge in [-0.05, 0) is 24.3 Å². The smallest absolute Gasteiger partial charge is 0.276 e. The number of benzene rings is 1. The third kappa shape index (κ3) is 2.18. The van der Waals surface area contributed by atoms with Gasteiger partial charge in [0.25, 0.3) is 5.91 Å². The average Bonchev–Trinajstić information content (AvgIpc) is 2.91. The standard InChI is InChI=1S/C14H12N4O2/c1-20-10-4-5-11-12(7-10)17-18-13(11)14(19)16-9-3-2-6-15-8-9/h2-8H,1H3,(H,16,19)(H,17,18). The van der Waals surface area contributed by atoms with Crippen LogP contribution in [0, 0.1) is 0 Å². The highest BCUT2D eigenvalue weighted by atomic mass is 16.5. The van der Waals surface area contributed by atoms with Gasteiger partial charge < -0.3 is 10.1 Å². The Morgan fingerprint density at radius 3 is 3.00 bits per heavy atom. The number of nitrogens with zero attached hydrogens (tertiary/aromatic N) is 2. The molecule has 0 unspecified atom stereocenters. The van der Waals surface area contributed by atoms with Crippen molar-refractivity contribution in [3.8, 4) is 5.75 Å². The number of amides is 1. The Morgan fingerprint density at radius 2 is 2.25 bits per heavy atom. The Labute approximate surface area is 114 Å². The molecule has 2 heterocycles. The lowest BCUT2D eigenvalue weighted by Gasteiger charge is -2.02. The minimum absolute atomic E-state index is 0.283. The van der Waals surface area contributed by atoms with Crippen LogP contribution in [-0.2, 0) is 0 Å². The maximum atomic E-state index is 12.2. The Hall–Kier alpha value is -2.89. The maximum Gasteiger partial charge on any atom is 0.276 e. The number of rotatable bonds is 3. The number of H-pyrrole nitrogens is 1. The number of pyridine rings is 1. The second-order valence-corrected chi connectivity index (χ2v) is 4.18. The molecular formula is C14H12N4O2. The molecule has 2 N–H and O–H groups in total. The number of fused-ring (bicyclic) bond motifs is 1. The molecule has 0 aliphatic carbocycles. The molecule has 0 saturated carbocycles. The van der Waals surface area contributed by atoms with E-state index in [0.29, 0.717) is 17.1 Å². The monoisotopic (exact) mass is 268 g/mol. The number of nitrogens with one attached hydrogen (secondary N) is 2. The maximum absolute atomic E-state index is 12.2. The lowest BCUT2D eigenvalue weighted by molar-refractivity contribution is 0.102. The summed E-state index contributed by atoms with van der Waals surface area (Å²) in [6.45, 7) is 0. The van der Waals surface area contributed by atoms with Crippen molar-refractivity contribution in [2.24, 2.45) is 0 Å². The van der Waals surface area contributed by atoms with Crippen molar-refractivity contribution in [2.75, 3.05) is 12.4 Å². The van der Waals surface area contributed by atoms with Crippen LogP contribution in [0.3, 0.4) is 0 Å². The SMILES string of the molecule is COc1ccc2c(C(=O)Nc3cccnc3)n[nH]c2c1. The lowest BCUT2D eigenvalue weighted by atomic mass is 10.2. The van der Waals surface area contributed by atoms with Gasteiger partial charge in [0.2, 0.25) is 0 Å². The van der Waals surface area contributed by atoms with Crippen molar-refractivity contribution in [3.05, 3.63) is 48.4 Å². The van der Waals surface area contributed by atoms with Crippen LogP contribution in [-0.4, -0.2) is 28.2 Å². The van der Waals surface area contributed by atoms with E-state index in [1.165, 1.54) is 0 Å². The molecule has 0 spiro atoms. The highest BCUT2D eigenvalue weighted by molar-refractivity contribution is 6.11. The van der Waals surface area contributed by atoms with Crippen LogP contribution in [0.5, 0.6) is 5.75 Å². The molecular weight excluding hydrogens is 256 g/mol.